The lowest BCUT2D eigenvalue weighted by Crippen LogP contribution is -1.95. The number of pyridine rings is 1. The fraction of sp³-hybridized carbons (Fsp3) is 0.267. The summed E-state index contributed by atoms with van der Waals surface area (Å²) in [4.78, 5) is 4.46. The van der Waals surface area contributed by atoms with Gasteiger partial charge in [0.25, 0.3) is 0 Å². The van der Waals surface area contributed by atoms with Gasteiger partial charge in [-0.25, -0.2) is 0 Å². The second-order valence-electron chi connectivity index (χ2n) is 4.44. The van der Waals surface area contributed by atoms with E-state index in [-0.39, 0.29) is 0 Å². The molecule has 0 aliphatic rings. The van der Waals surface area contributed by atoms with E-state index in [4.69, 9.17) is 5.73 Å². The largest absolute Gasteiger partial charge is 0.399 e. The van der Waals surface area contributed by atoms with Gasteiger partial charge in [-0.1, -0.05) is 19.1 Å². The molecule has 2 rings (SSSR count). The van der Waals surface area contributed by atoms with E-state index in [2.05, 4.69) is 37.0 Å². The summed E-state index contributed by atoms with van der Waals surface area (Å²) in [5.74, 6) is 0. The van der Waals surface area contributed by atoms with Crippen LogP contribution >= 0.6 is 0 Å². The lowest BCUT2D eigenvalue weighted by molar-refractivity contribution is 1.03. The normalized spacial score (nSPS) is 10.5. The van der Waals surface area contributed by atoms with Crippen molar-refractivity contribution in [1.82, 2.24) is 4.98 Å². The molecule has 0 aliphatic carbocycles. The summed E-state index contributed by atoms with van der Waals surface area (Å²) in [5, 5.41) is 0. The van der Waals surface area contributed by atoms with Gasteiger partial charge in [0.2, 0.25) is 0 Å². The van der Waals surface area contributed by atoms with E-state index in [1.54, 1.807) is 0 Å². The van der Waals surface area contributed by atoms with Crippen LogP contribution in [0.2, 0.25) is 0 Å². The number of aryl methyl sites for hydroxylation is 2. The summed E-state index contributed by atoms with van der Waals surface area (Å²) in [6, 6.07) is 10.4. The van der Waals surface area contributed by atoms with Gasteiger partial charge >= 0.3 is 0 Å². The van der Waals surface area contributed by atoms with Crippen LogP contribution in [0.3, 0.4) is 0 Å². The highest BCUT2D eigenvalue weighted by Gasteiger charge is 2.00. The Morgan fingerprint density at radius 2 is 1.94 bits per heavy atom. The van der Waals surface area contributed by atoms with Gasteiger partial charge in [0.15, 0.2) is 0 Å². The van der Waals surface area contributed by atoms with Crippen LogP contribution in [0.15, 0.2) is 36.5 Å². The first-order valence-corrected chi connectivity index (χ1v) is 5.97. The number of nitrogens with zero attached hydrogens (tertiary/aromatic N) is 1. The third-order valence-corrected chi connectivity index (χ3v) is 2.84. The Balaban J connectivity index is 2.19. The van der Waals surface area contributed by atoms with Crippen molar-refractivity contribution in [1.29, 1.82) is 0 Å². The SMILES string of the molecule is CCc1ccc(Cc2cc(C)cc(N)c2)nc1. The molecule has 2 heteroatoms. The van der Waals surface area contributed by atoms with Crippen molar-refractivity contribution in [3.05, 3.63) is 58.9 Å². The van der Waals surface area contributed by atoms with Gasteiger partial charge in [-0.3, -0.25) is 4.98 Å². The predicted octanol–water partition coefficient (Wildman–Crippen LogP) is 3.13. The van der Waals surface area contributed by atoms with E-state index in [9.17, 15) is 0 Å². The Morgan fingerprint density at radius 1 is 1.12 bits per heavy atom. The number of rotatable bonds is 3. The first-order chi connectivity index (χ1) is 8.17. The number of aromatic nitrogens is 1. The van der Waals surface area contributed by atoms with Gasteiger partial charge in [0, 0.05) is 24.0 Å². The standard InChI is InChI=1S/C15H18N2/c1-3-12-4-5-15(17-10-12)9-13-6-11(2)7-14(16)8-13/h4-8,10H,3,9,16H2,1-2H3. The molecule has 0 saturated carbocycles. The number of nitrogens with two attached hydrogens (primary N) is 1. The van der Waals surface area contributed by atoms with Crippen LogP contribution in [-0.4, -0.2) is 4.98 Å². The van der Waals surface area contributed by atoms with E-state index in [0.29, 0.717) is 0 Å². The summed E-state index contributed by atoms with van der Waals surface area (Å²) < 4.78 is 0. The fourth-order valence-electron chi connectivity index (χ4n) is 1.97. The van der Waals surface area contributed by atoms with E-state index in [1.807, 2.05) is 18.3 Å². The maximum Gasteiger partial charge on any atom is 0.0447 e. The lowest BCUT2D eigenvalue weighted by Gasteiger charge is -2.05. The smallest absolute Gasteiger partial charge is 0.0447 e. The molecule has 2 nitrogen and oxygen atoms in total. The molecule has 17 heavy (non-hydrogen) atoms. The van der Waals surface area contributed by atoms with Gasteiger partial charge in [0.05, 0.1) is 0 Å². The molecule has 0 aliphatic heterocycles. The Morgan fingerprint density at radius 3 is 2.53 bits per heavy atom. The highest BCUT2D eigenvalue weighted by atomic mass is 14.7. The molecule has 1 aromatic heterocycles. The summed E-state index contributed by atoms with van der Waals surface area (Å²) in [6.07, 6.45) is 3.83. The van der Waals surface area contributed by atoms with E-state index >= 15 is 0 Å². The molecule has 2 aromatic rings. The van der Waals surface area contributed by atoms with Crippen molar-refractivity contribution in [2.24, 2.45) is 0 Å². The molecule has 0 unspecified atom stereocenters. The first-order valence-electron chi connectivity index (χ1n) is 5.97. The Bertz CT molecular complexity index is 481. The summed E-state index contributed by atoms with van der Waals surface area (Å²) >= 11 is 0. The van der Waals surface area contributed by atoms with E-state index in [1.165, 1.54) is 16.7 Å². The molecule has 1 aromatic carbocycles. The van der Waals surface area contributed by atoms with Crippen LogP contribution in [0.5, 0.6) is 0 Å². The van der Waals surface area contributed by atoms with Gasteiger partial charge in [-0.2, -0.15) is 0 Å². The average Bonchev–Trinajstić information content (AvgIpc) is 2.28. The van der Waals surface area contributed by atoms with Crippen molar-refractivity contribution in [2.45, 2.75) is 26.7 Å². The van der Waals surface area contributed by atoms with Gasteiger partial charge in [0.1, 0.15) is 0 Å². The maximum atomic E-state index is 5.84. The molecule has 2 N–H and O–H groups in total. The third-order valence-electron chi connectivity index (χ3n) is 2.84. The molecule has 0 fully saturated rings. The van der Waals surface area contributed by atoms with Gasteiger partial charge in [-0.05, 0) is 48.2 Å². The topological polar surface area (TPSA) is 38.9 Å². The number of nitrogen functional groups attached to an aromatic ring is 1. The van der Waals surface area contributed by atoms with Crippen LogP contribution in [-0.2, 0) is 12.8 Å². The van der Waals surface area contributed by atoms with E-state index in [0.717, 1.165) is 24.2 Å². The Kier molecular flexibility index (Phi) is 3.43. The minimum Gasteiger partial charge on any atom is -0.399 e. The first kappa shape index (κ1) is 11.6. The number of hydrogen-bond donors (Lipinski definition) is 1. The summed E-state index contributed by atoms with van der Waals surface area (Å²) in [5.41, 5.74) is 11.4. The molecule has 0 radical (unpaired) electrons. The molecule has 1 heterocycles. The number of benzene rings is 1. The molecular weight excluding hydrogens is 208 g/mol. The van der Waals surface area contributed by atoms with E-state index < -0.39 is 0 Å². The molecule has 88 valence electrons. The molecular formula is C15H18N2. The number of hydrogen-bond acceptors (Lipinski definition) is 2. The zero-order valence-electron chi connectivity index (χ0n) is 10.4. The summed E-state index contributed by atoms with van der Waals surface area (Å²) in [7, 11) is 0. The Hall–Kier alpha value is -1.83. The van der Waals surface area contributed by atoms with Crippen LogP contribution in [0.4, 0.5) is 5.69 Å². The lowest BCUT2D eigenvalue weighted by atomic mass is 10.0. The van der Waals surface area contributed by atoms with Crippen LogP contribution in [0.1, 0.15) is 29.3 Å². The fourth-order valence-corrected chi connectivity index (χ4v) is 1.97. The molecule has 0 spiro atoms. The van der Waals surface area contributed by atoms with Gasteiger partial charge in [-0.15, -0.1) is 0 Å². The second-order valence-corrected chi connectivity index (χ2v) is 4.44. The highest BCUT2D eigenvalue weighted by Crippen LogP contribution is 2.14. The average molecular weight is 226 g/mol. The zero-order valence-corrected chi connectivity index (χ0v) is 10.4. The van der Waals surface area contributed by atoms with Crippen LogP contribution in [0, 0.1) is 6.92 Å². The maximum absolute atomic E-state index is 5.84. The monoisotopic (exact) mass is 226 g/mol. The van der Waals surface area contributed by atoms with Crippen molar-refractivity contribution in [3.63, 3.8) is 0 Å². The Labute approximate surface area is 103 Å². The van der Waals surface area contributed by atoms with Crippen molar-refractivity contribution < 1.29 is 0 Å². The minimum absolute atomic E-state index is 0.824. The molecule has 0 atom stereocenters. The minimum atomic E-state index is 0.824. The third kappa shape index (κ3) is 3.06. The molecule has 0 bridgehead atoms. The quantitative estimate of drug-likeness (QED) is 0.817. The van der Waals surface area contributed by atoms with Crippen LogP contribution < -0.4 is 5.73 Å². The predicted molar refractivity (Wildman–Crippen MR) is 72.0 cm³/mol. The zero-order chi connectivity index (χ0) is 12.3. The van der Waals surface area contributed by atoms with Crippen LogP contribution in [0.25, 0.3) is 0 Å². The molecule has 0 saturated heterocycles. The number of anilines is 1. The summed E-state index contributed by atoms with van der Waals surface area (Å²) in [6.45, 7) is 4.20. The van der Waals surface area contributed by atoms with Crippen molar-refractivity contribution in [2.75, 3.05) is 5.73 Å². The van der Waals surface area contributed by atoms with Crippen molar-refractivity contribution >= 4 is 5.69 Å². The van der Waals surface area contributed by atoms with Gasteiger partial charge < -0.3 is 5.73 Å². The molecule has 0 amide bonds. The highest BCUT2D eigenvalue weighted by molar-refractivity contribution is 5.45. The van der Waals surface area contributed by atoms with Crippen molar-refractivity contribution in [3.8, 4) is 0 Å². The second kappa shape index (κ2) is 5.00.